The van der Waals surface area contributed by atoms with E-state index in [2.05, 4.69) is 10.4 Å². The molecule has 0 spiro atoms. The lowest BCUT2D eigenvalue weighted by Crippen LogP contribution is -2.30. The normalized spacial score (nSPS) is 17.6. The molecule has 20 heavy (non-hydrogen) atoms. The SMILES string of the molecule is Cn1cc(C(=O)NC2CCCc3cc(N)ccc32)cn1. The molecule has 0 aliphatic heterocycles. The van der Waals surface area contributed by atoms with Gasteiger partial charge in [-0.3, -0.25) is 9.48 Å². The zero-order valence-corrected chi connectivity index (χ0v) is 11.5. The van der Waals surface area contributed by atoms with Crippen LogP contribution in [0, 0.1) is 0 Å². The molecule has 0 fully saturated rings. The van der Waals surface area contributed by atoms with E-state index < -0.39 is 0 Å². The smallest absolute Gasteiger partial charge is 0.254 e. The third-order valence-electron chi connectivity index (χ3n) is 3.75. The van der Waals surface area contributed by atoms with E-state index in [1.54, 1.807) is 24.1 Å². The van der Waals surface area contributed by atoms with Crippen molar-refractivity contribution in [3.63, 3.8) is 0 Å². The molecule has 1 aromatic carbocycles. The third-order valence-corrected chi connectivity index (χ3v) is 3.75. The van der Waals surface area contributed by atoms with Crippen molar-refractivity contribution in [1.29, 1.82) is 0 Å². The van der Waals surface area contributed by atoms with Gasteiger partial charge in [0.2, 0.25) is 0 Å². The Morgan fingerprint density at radius 2 is 2.35 bits per heavy atom. The molecule has 1 aliphatic carbocycles. The van der Waals surface area contributed by atoms with Crippen LogP contribution >= 0.6 is 0 Å². The number of nitrogen functional groups attached to an aromatic ring is 1. The number of nitrogens with two attached hydrogens (primary N) is 1. The Bertz CT molecular complexity index is 647. The van der Waals surface area contributed by atoms with Gasteiger partial charge in [-0.2, -0.15) is 5.10 Å². The average molecular weight is 270 g/mol. The van der Waals surface area contributed by atoms with Crippen LogP contribution in [0.25, 0.3) is 0 Å². The molecule has 3 N–H and O–H groups in total. The van der Waals surface area contributed by atoms with Crippen LogP contribution in [0.1, 0.15) is 40.4 Å². The highest BCUT2D eigenvalue weighted by Gasteiger charge is 2.22. The fourth-order valence-electron chi connectivity index (χ4n) is 2.76. The molecular formula is C15H18N4O. The minimum Gasteiger partial charge on any atom is -0.399 e. The van der Waals surface area contributed by atoms with E-state index in [4.69, 9.17) is 5.73 Å². The van der Waals surface area contributed by atoms with Crippen molar-refractivity contribution in [2.24, 2.45) is 7.05 Å². The lowest BCUT2D eigenvalue weighted by Gasteiger charge is -2.26. The van der Waals surface area contributed by atoms with Crippen molar-refractivity contribution in [3.8, 4) is 0 Å². The highest BCUT2D eigenvalue weighted by atomic mass is 16.1. The first-order valence-electron chi connectivity index (χ1n) is 6.81. The molecule has 5 nitrogen and oxygen atoms in total. The zero-order chi connectivity index (χ0) is 14.1. The Kier molecular flexibility index (Phi) is 3.18. The first kappa shape index (κ1) is 12.7. The van der Waals surface area contributed by atoms with Crippen LogP contribution in [0.3, 0.4) is 0 Å². The summed E-state index contributed by atoms with van der Waals surface area (Å²) in [6.07, 6.45) is 6.36. The van der Waals surface area contributed by atoms with Gasteiger partial charge >= 0.3 is 0 Å². The van der Waals surface area contributed by atoms with Crippen LogP contribution in [-0.2, 0) is 13.5 Å². The van der Waals surface area contributed by atoms with E-state index in [1.807, 2.05) is 18.2 Å². The van der Waals surface area contributed by atoms with Crippen molar-refractivity contribution >= 4 is 11.6 Å². The first-order valence-corrected chi connectivity index (χ1v) is 6.81. The maximum Gasteiger partial charge on any atom is 0.254 e. The summed E-state index contributed by atoms with van der Waals surface area (Å²) in [5.74, 6) is -0.0761. The molecule has 0 radical (unpaired) electrons. The molecule has 3 rings (SSSR count). The van der Waals surface area contributed by atoms with E-state index >= 15 is 0 Å². The van der Waals surface area contributed by atoms with E-state index in [-0.39, 0.29) is 11.9 Å². The molecule has 104 valence electrons. The summed E-state index contributed by atoms with van der Waals surface area (Å²) in [6.45, 7) is 0. The molecule has 1 unspecified atom stereocenters. The Hall–Kier alpha value is -2.30. The number of carbonyl (C=O) groups excluding carboxylic acids is 1. The maximum absolute atomic E-state index is 12.2. The second-order valence-electron chi connectivity index (χ2n) is 5.28. The van der Waals surface area contributed by atoms with Crippen molar-refractivity contribution in [1.82, 2.24) is 15.1 Å². The molecular weight excluding hydrogens is 252 g/mol. The van der Waals surface area contributed by atoms with Crippen LogP contribution in [0.5, 0.6) is 0 Å². The Labute approximate surface area is 117 Å². The summed E-state index contributed by atoms with van der Waals surface area (Å²) < 4.78 is 1.63. The summed E-state index contributed by atoms with van der Waals surface area (Å²) in [7, 11) is 1.80. The predicted molar refractivity (Wildman–Crippen MR) is 77.2 cm³/mol. The number of aromatic nitrogens is 2. The van der Waals surface area contributed by atoms with Gasteiger partial charge in [-0.25, -0.2) is 0 Å². The minimum absolute atomic E-state index is 0.0621. The van der Waals surface area contributed by atoms with E-state index in [0.29, 0.717) is 5.56 Å². The molecule has 1 aliphatic rings. The van der Waals surface area contributed by atoms with Crippen LogP contribution in [0.4, 0.5) is 5.69 Å². The van der Waals surface area contributed by atoms with Crippen molar-refractivity contribution in [3.05, 3.63) is 47.3 Å². The second kappa shape index (κ2) is 5.00. The Morgan fingerprint density at radius 1 is 1.50 bits per heavy atom. The average Bonchev–Trinajstić information content (AvgIpc) is 2.85. The summed E-state index contributed by atoms with van der Waals surface area (Å²) in [6, 6.07) is 6.00. The molecule has 1 atom stereocenters. The van der Waals surface area contributed by atoms with Gasteiger partial charge in [0.05, 0.1) is 17.8 Å². The van der Waals surface area contributed by atoms with E-state index in [9.17, 15) is 4.79 Å². The molecule has 0 saturated heterocycles. The molecule has 2 aromatic rings. The number of fused-ring (bicyclic) bond motifs is 1. The number of nitrogens with one attached hydrogen (secondary N) is 1. The maximum atomic E-state index is 12.2. The number of hydrogen-bond acceptors (Lipinski definition) is 3. The van der Waals surface area contributed by atoms with Gasteiger partial charge in [0, 0.05) is 18.9 Å². The second-order valence-corrected chi connectivity index (χ2v) is 5.28. The highest BCUT2D eigenvalue weighted by molar-refractivity contribution is 5.94. The van der Waals surface area contributed by atoms with E-state index in [0.717, 1.165) is 24.9 Å². The zero-order valence-electron chi connectivity index (χ0n) is 11.5. The van der Waals surface area contributed by atoms with Crippen LogP contribution < -0.4 is 11.1 Å². The molecule has 0 saturated carbocycles. The quantitative estimate of drug-likeness (QED) is 0.817. The highest BCUT2D eigenvalue weighted by Crippen LogP contribution is 2.31. The molecule has 1 amide bonds. The summed E-state index contributed by atoms with van der Waals surface area (Å²) in [4.78, 5) is 12.2. The monoisotopic (exact) mass is 270 g/mol. The standard InChI is InChI=1S/C15H18N4O/c1-19-9-11(8-17-19)15(20)18-14-4-2-3-10-7-12(16)5-6-13(10)14/h5-9,14H,2-4,16H2,1H3,(H,18,20). The minimum atomic E-state index is -0.0761. The lowest BCUT2D eigenvalue weighted by molar-refractivity contribution is 0.0932. The van der Waals surface area contributed by atoms with Gasteiger partial charge in [0.25, 0.3) is 5.91 Å². The Morgan fingerprint density at radius 3 is 3.10 bits per heavy atom. The molecule has 0 bridgehead atoms. The molecule has 1 aromatic heterocycles. The molecule has 1 heterocycles. The van der Waals surface area contributed by atoms with Gasteiger partial charge in [-0.1, -0.05) is 6.07 Å². The fraction of sp³-hybridized carbons (Fsp3) is 0.333. The number of aryl methyl sites for hydroxylation is 2. The lowest BCUT2D eigenvalue weighted by atomic mass is 9.87. The predicted octanol–water partition coefficient (Wildman–Crippen LogP) is 1.81. The van der Waals surface area contributed by atoms with Crippen molar-refractivity contribution < 1.29 is 4.79 Å². The molecule has 5 heteroatoms. The van der Waals surface area contributed by atoms with Gasteiger partial charge in [0.1, 0.15) is 0 Å². The number of anilines is 1. The van der Waals surface area contributed by atoms with Crippen molar-refractivity contribution in [2.45, 2.75) is 25.3 Å². The van der Waals surface area contributed by atoms with Crippen LogP contribution in [0.15, 0.2) is 30.6 Å². The number of hydrogen-bond donors (Lipinski definition) is 2. The number of nitrogens with zero attached hydrogens (tertiary/aromatic N) is 2. The number of rotatable bonds is 2. The van der Waals surface area contributed by atoms with Crippen LogP contribution in [-0.4, -0.2) is 15.7 Å². The number of amides is 1. The largest absolute Gasteiger partial charge is 0.399 e. The van der Waals surface area contributed by atoms with Gasteiger partial charge in [-0.05, 0) is 42.5 Å². The van der Waals surface area contributed by atoms with Gasteiger partial charge in [-0.15, -0.1) is 0 Å². The number of benzene rings is 1. The summed E-state index contributed by atoms with van der Waals surface area (Å²) >= 11 is 0. The third kappa shape index (κ3) is 2.39. The fourth-order valence-corrected chi connectivity index (χ4v) is 2.76. The van der Waals surface area contributed by atoms with Gasteiger partial charge in [0.15, 0.2) is 0 Å². The van der Waals surface area contributed by atoms with Crippen molar-refractivity contribution in [2.75, 3.05) is 5.73 Å². The van der Waals surface area contributed by atoms with Gasteiger partial charge < -0.3 is 11.1 Å². The Balaban J connectivity index is 1.81. The number of carbonyl (C=O) groups is 1. The summed E-state index contributed by atoms with van der Waals surface area (Å²) in [5, 5.41) is 7.12. The first-order chi connectivity index (χ1) is 9.63. The topological polar surface area (TPSA) is 72.9 Å². The van der Waals surface area contributed by atoms with Crippen LogP contribution in [0.2, 0.25) is 0 Å². The summed E-state index contributed by atoms with van der Waals surface area (Å²) in [5.41, 5.74) is 9.62. The van der Waals surface area contributed by atoms with E-state index in [1.165, 1.54) is 11.1 Å².